The van der Waals surface area contributed by atoms with Gasteiger partial charge in [0.1, 0.15) is 5.82 Å². The molecule has 0 saturated carbocycles. The van der Waals surface area contributed by atoms with Crippen LogP contribution in [-0.2, 0) is 0 Å². The first-order valence-electron chi connectivity index (χ1n) is 8.48. The van der Waals surface area contributed by atoms with E-state index in [2.05, 4.69) is 54.8 Å². The van der Waals surface area contributed by atoms with Crippen molar-refractivity contribution in [1.82, 2.24) is 5.32 Å². The second kappa shape index (κ2) is 8.11. The second-order valence-corrected chi connectivity index (χ2v) is 6.72. The Labute approximate surface area is 159 Å². The Kier molecular flexibility index (Phi) is 5.64. The van der Waals surface area contributed by atoms with Crippen molar-refractivity contribution in [2.75, 3.05) is 5.32 Å². The van der Waals surface area contributed by atoms with Crippen LogP contribution in [0.15, 0.2) is 72.8 Å². The summed E-state index contributed by atoms with van der Waals surface area (Å²) in [5.74, 6) is -0.271. The van der Waals surface area contributed by atoms with E-state index in [-0.39, 0.29) is 11.9 Å². The molecule has 3 rings (SSSR count). The van der Waals surface area contributed by atoms with Gasteiger partial charge in [-0.3, -0.25) is 0 Å². The minimum Gasteiger partial charge on any atom is -0.352 e. The van der Waals surface area contributed by atoms with Gasteiger partial charge in [0.2, 0.25) is 0 Å². The molecule has 26 heavy (non-hydrogen) atoms. The summed E-state index contributed by atoms with van der Waals surface area (Å²) in [5.41, 5.74) is 5.48. The molecule has 0 bridgehead atoms. The lowest BCUT2D eigenvalue weighted by Crippen LogP contribution is -2.33. The smallest absolute Gasteiger partial charge is 0.171 e. The molecule has 0 radical (unpaired) electrons. The van der Waals surface area contributed by atoms with E-state index in [0.29, 0.717) is 5.11 Å². The van der Waals surface area contributed by atoms with Crippen LogP contribution in [0.5, 0.6) is 0 Å². The van der Waals surface area contributed by atoms with E-state index in [0.717, 1.165) is 11.3 Å². The van der Waals surface area contributed by atoms with Crippen molar-refractivity contribution in [3.63, 3.8) is 0 Å². The number of halogens is 1. The van der Waals surface area contributed by atoms with Crippen LogP contribution < -0.4 is 10.6 Å². The standard InChI is InChI=1S/C22H21FN2S/c1-15-8-13-20(16(2)14-15)21(17-6-4-3-5-7-17)25-22(26)24-19-11-9-18(23)10-12-19/h3-14,21H,1-2H3,(H2,24,25,26)/t21-/m0/s1. The first-order chi connectivity index (χ1) is 12.5. The molecule has 0 aliphatic carbocycles. The molecule has 0 amide bonds. The lowest BCUT2D eigenvalue weighted by Gasteiger charge is -2.24. The number of hydrogen-bond acceptors (Lipinski definition) is 1. The number of anilines is 1. The number of benzene rings is 3. The van der Waals surface area contributed by atoms with Gasteiger partial charge in [-0.25, -0.2) is 4.39 Å². The summed E-state index contributed by atoms with van der Waals surface area (Å²) in [4.78, 5) is 0. The van der Waals surface area contributed by atoms with E-state index in [1.807, 2.05) is 18.2 Å². The molecule has 4 heteroatoms. The lowest BCUT2D eigenvalue weighted by atomic mass is 9.94. The zero-order valence-corrected chi connectivity index (χ0v) is 15.6. The van der Waals surface area contributed by atoms with Gasteiger partial charge in [-0.05, 0) is 67.0 Å². The quantitative estimate of drug-likeness (QED) is 0.596. The highest BCUT2D eigenvalue weighted by Crippen LogP contribution is 2.26. The van der Waals surface area contributed by atoms with Crippen molar-refractivity contribution >= 4 is 23.0 Å². The lowest BCUT2D eigenvalue weighted by molar-refractivity contribution is 0.628. The molecule has 0 saturated heterocycles. The van der Waals surface area contributed by atoms with Crippen molar-refractivity contribution in [1.29, 1.82) is 0 Å². The number of thiocarbonyl (C=S) groups is 1. The van der Waals surface area contributed by atoms with E-state index in [4.69, 9.17) is 12.2 Å². The molecule has 3 aromatic carbocycles. The minimum atomic E-state index is -0.271. The minimum absolute atomic E-state index is 0.0720. The van der Waals surface area contributed by atoms with Gasteiger partial charge >= 0.3 is 0 Å². The predicted molar refractivity (Wildman–Crippen MR) is 110 cm³/mol. The van der Waals surface area contributed by atoms with E-state index >= 15 is 0 Å². The molecule has 0 unspecified atom stereocenters. The zero-order chi connectivity index (χ0) is 18.5. The van der Waals surface area contributed by atoms with Gasteiger partial charge in [0.15, 0.2) is 5.11 Å². The maximum Gasteiger partial charge on any atom is 0.171 e. The van der Waals surface area contributed by atoms with Gasteiger partial charge in [0.05, 0.1) is 6.04 Å². The highest BCUT2D eigenvalue weighted by Gasteiger charge is 2.17. The average molecular weight is 364 g/mol. The van der Waals surface area contributed by atoms with Gasteiger partial charge in [-0.2, -0.15) is 0 Å². The van der Waals surface area contributed by atoms with Crippen LogP contribution in [0.3, 0.4) is 0 Å². The molecule has 2 nitrogen and oxygen atoms in total. The second-order valence-electron chi connectivity index (χ2n) is 6.31. The fourth-order valence-corrected chi connectivity index (χ4v) is 3.20. The van der Waals surface area contributed by atoms with Crippen molar-refractivity contribution in [3.05, 3.63) is 101 Å². The van der Waals surface area contributed by atoms with Crippen molar-refractivity contribution in [2.24, 2.45) is 0 Å². The fourth-order valence-electron chi connectivity index (χ4n) is 2.97. The Hall–Kier alpha value is -2.72. The molecule has 0 aromatic heterocycles. The largest absolute Gasteiger partial charge is 0.352 e. The first-order valence-corrected chi connectivity index (χ1v) is 8.89. The molecule has 3 aromatic rings. The molecular weight excluding hydrogens is 343 g/mol. The number of hydrogen-bond donors (Lipinski definition) is 2. The normalized spacial score (nSPS) is 11.7. The van der Waals surface area contributed by atoms with E-state index < -0.39 is 0 Å². The third-order valence-electron chi connectivity index (χ3n) is 4.25. The summed E-state index contributed by atoms with van der Waals surface area (Å²) in [5, 5.41) is 7.01. The summed E-state index contributed by atoms with van der Waals surface area (Å²) in [6, 6.07) is 22.7. The van der Waals surface area contributed by atoms with Crippen molar-refractivity contribution in [2.45, 2.75) is 19.9 Å². The van der Waals surface area contributed by atoms with Crippen LogP contribution in [0.4, 0.5) is 10.1 Å². The van der Waals surface area contributed by atoms with E-state index in [9.17, 15) is 4.39 Å². The van der Waals surface area contributed by atoms with Gasteiger partial charge in [-0.1, -0.05) is 54.1 Å². The molecule has 2 N–H and O–H groups in total. The number of rotatable bonds is 4. The third-order valence-corrected chi connectivity index (χ3v) is 4.47. The van der Waals surface area contributed by atoms with Crippen LogP contribution in [0.1, 0.15) is 28.3 Å². The summed E-state index contributed by atoms with van der Waals surface area (Å²) >= 11 is 5.50. The first kappa shape index (κ1) is 18.1. The monoisotopic (exact) mass is 364 g/mol. The molecule has 0 aliphatic heterocycles. The van der Waals surface area contributed by atoms with Crippen LogP contribution in [-0.4, -0.2) is 5.11 Å². The van der Waals surface area contributed by atoms with Gasteiger partial charge in [0.25, 0.3) is 0 Å². The molecule has 0 fully saturated rings. The molecule has 0 heterocycles. The number of aryl methyl sites for hydroxylation is 2. The van der Waals surface area contributed by atoms with Crippen LogP contribution >= 0.6 is 12.2 Å². The average Bonchev–Trinajstić information content (AvgIpc) is 2.63. The molecular formula is C22H21FN2S. The summed E-state index contributed by atoms with van der Waals surface area (Å²) in [7, 11) is 0. The maximum absolute atomic E-state index is 13.1. The summed E-state index contributed by atoms with van der Waals surface area (Å²) < 4.78 is 13.1. The van der Waals surface area contributed by atoms with E-state index in [1.54, 1.807) is 12.1 Å². The Bertz CT molecular complexity index is 892. The molecule has 0 spiro atoms. The SMILES string of the molecule is Cc1ccc([C@@H](NC(=S)Nc2ccc(F)cc2)c2ccccc2)c(C)c1. The Morgan fingerprint density at radius 2 is 1.62 bits per heavy atom. The van der Waals surface area contributed by atoms with E-state index in [1.165, 1.54) is 28.8 Å². The number of nitrogens with one attached hydrogen (secondary N) is 2. The topological polar surface area (TPSA) is 24.1 Å². The van der Waals surface area contributed by atoms with Gasteiger partial charge < -0.3 is 10.6 Å². The van der Waals surface area contributed by atoms with Gasteiger partial charge in [0, 0.05) is 5.69 Å². The van der Waals surface area contributed by atoms with Crippen molar-refractivity contribution < 1.29 is 4.39 Å². The molecule has 1 atom stereocenters. The zero-order valence-electron chi connectivity index (χ0n) is 14.8. The van der Waals surface area contributed by atoms with Crippen LogP contribution in [0.2, 0.25) is 0 Å². The summed E-state index contributed by atoms with van der Waals surface area (Å²) in [6.45, 7) is 4.19. The fraction of sp³-hybridized carbons (Fsp3) is 0.136. The van der Waals surface area contributed by atoms with Crippen LogP contribution in [0, 0.1) is 19.7 Å². The Morgan fingerprint density at radius 1 is 0.923 bits per heavy atom. The highest BCUT2D eigenvalue weighted by atomic mass is 32.1. The highest BCUT2D eigenvalue weighted by molar-refractivity contribution is 7.80. The predicted octanol–water partition coefficient (Wildman–Crippen LogP) is 5.52. The third kappa shape index (κ3) is 4.46. The van der Waals surface area contributed by atoms with Crippen molar-refractivity contribution in [3.8, 4) is 0 Å². The maximum atomic E-state index is 13.1. The molecule has 132 valence electrons. The molecule has 0 aliphatic rings. The van der Waals surface area contributed by atoms with Crippen LogP contribution in [0.25, 0.3) is 0 Å². The Balaban J connectivity index is 1.86. The Morgan fingerprint density at radius 3 is 2.27 bits per heavy atom. The summed E-state index contributed by atoms with van der Waals surface area (Å²) in [6.07, 6.45) is 0. The van der Waals surface area contributed by atoms with Gasteiger partial charge in [-0.15, -0.1) is 0 Å².